The molecule has 0 aliphatic heterocycles. The smallest absolute Gasteiger partial charge is 0.250 e. The average molecular weight is 415 g/mol. The molecular formula is C20H19BrN2OS. The zero-order valence-electron chi connectivity index (χ0n) is 14.3. The van der Waals surface area contributed by atoms with Crippen molar-refractivity contribution in [3.05, 3.63) is 64.1 Å². The first-order valence-electron chi connectivity index (χ1n) is 7.97. The van der Waals surface area contributed by atoms with Crippen molar-refractivity contribution in [1.82, 2.24) is 4.98 Å². The van der Waals surface area contributed by atoms with Crippen LogP contribution in [0.2, 0.25) is 0 Å². The number of hydrogen-bond donors (Lipinski definition) is 1. The van der Waals surface area contributed by atoms with Crippen LogP contribution in [0.1, 0.15) is 31.9 Å². The number of hydrogen-bond acceptors (Lipinski definition) is 3. The second kappa shape index (κ2) is 7.10. The van der Waals surface area contributed by atoms with E-state index < -0.39 is 0 Å². The molecule has 3 rings (SSSR count). The Kier molecular flexibility index (Phi) is 5.06. The summed E-state index contributed by atoms with van der Waals surface area (Å²) in [5, 5.41) is 3.43. The number of nitrogens with one attached hydrogen (secondary N) is 1. The van der Waals surface area contributed by atoms with E-state index >= 15 is 0 Å². The Labute approximate surface area is 159 Å². The molecule has 25 heavy (non-hydrogen) atoms. The Hall–Kier alpha value is -1.98. The van der Waals surface area contributed by atoms with Crippen molar-refractivity contribution in [2.75, 3.05) is 5.32 Å². The maximum absolute atomic E-state index is 12.1. The van der Waals surface area contributed by atoms with Crippen LogP contribution in [0.15, 0.2) is 53.0 Å². The van der Waals surface area contributed by atoms with E-state index in [9.17, 15) is 4.79 Å². The molecule has 0 saturated carbocycles. The highest BCUT2D eigenvalue weighted by molar-refractivity contribution is 9.10. The number of fused-ring (bicyclic) bond motifs is 1. The van der Waals surface area contributed by atoms with Gasteiger partial charge in [0, 0.05) is 10.5 Å². The van der Waals surface area contributed by atoms with E-state index in [2.05, 4.69) is 59.1 Å². The van der Waals surface area contributed by atoms with E-state index in [-0.39, 0.29) is 11.3 Å². The first kappa shape index (κ1) is 17.8. The van der Waals surface area contributed by atoms with Crippen molar-refractivity contribution < 1.29 is 4.79 Å². The monoisotopic (exact) mass is 414 g/mol. The summed E-state index contributed by atoms with van der Waals surface area (Å²) >= 11 is 4.90. The highest BCUT2D eigenvalue weighted by Crippen LogP contribution is 2.28. The van der Waals surface area contributed by atoms with Crippen LogP contribution < -0.4 is 5.32 Å². The fraction of sp³-hybridized carbons (Fsp3) is 0.200. The summed E-state index contributed by atoms with van der Waals surface area (Å²) in [6, 6.07) is 14.1. The van der Waals surface area contributed by atoms with Gasteiger partial charge in [-0.2, -0.15) is 0 Å². The molecule has 0 radical (unpaired) electrons. The van der Waals surface area contributed by atoms with Gasteiger partial charge in [0.2, 0.25) is 5.91 Å². The summed E-state index contributed by atoms with van der Waals surface area (Å²) in [6.45, 7) is 6.55. The summed E-state index contributed by atoms with van der Waals surface area (Å²) in [5.41, 5.74) is 3.28. The van der Waals surface area contributed by atoms with Crippen LogP contribution in [0.3, 0.4) is 0 Å². The van der Waals surface area contributed by atoms with Crippen molar-refractivity contribution in [3.63, 3.8) is 0 Å². The van der Waals surface area contributed by atoms with Gasteiger partial charge in [-0.3, -0.25) is 10.1 Å². The molecule has 5 heteroatoms. The molecule has 1 amide bonds. The van der Waals surface area contributed by atoms with Gasteiger partial charge >= 0.3 is 0 Å². The van der Waals surface area contributed by atoms with Gasteiger partial charge in [-0.1, -0.05) is 72.3 Å². The lowest BCUT2D eigenvalue weighted by molar-refractivity contribution is -0.111. The van der Waals surface area contributed by atoms with Gasteiger partial charge in [0.25, 0.3) is 0 Å². The molecule has 2 aromatic carbocycles. The van der Waals surface area contributed by atoms with Crippen LogP contribution in [0.25, 0.3) is 16.3 Å². The number of halogens is 1. The maximum atomic E-state index is 12.1. The number of anilines is 1. The Morgan fingerprint density at radius 2 is 1.88 bits per heavy atom. The van der Waals surface area contributed by atoms with E-state index in [1.54, 1.807) is 0 Å². The molecule has 1 heterocycles. The normalized spacial score (nSPS) is 12.0. The van der Waals surface area contributed by atoms with E-state index in [0.717, 1.165) is 20.3 Å². The Balaban J connectivity index is 1.67. The van der Waals surface area contributed by atoms with Crippen molar-refractivity contribution in [2.24, 2.45) is 0 Å². The molecule has 3 nitrogen and oxygen atoms in total. The number of nitrogens with zero attached hydrogens (tertiary/aromatic N) is 1. The zero-order chi connectivity index (χ0) is 18.0. The number of aromatic nitrogens is 1. The molecular weight excluding hydrogens is 396 g/mol. The first-order chi connectivity index (χ1) is 11.8. The SMILES string of the molecule is CC(C)(C)c1ccc(/C=C/C(=O)Nc2nc3ccc(Br)cc3s2)cc1. The van der Waals surface area contributed by atoms with Crippen LogP contribution in [0.5, 0.6) is 0 Å². The highest BCUT2D eigenvalue weighted by Gasteiger charge is 2.12. The number of thiazole rings is 1. The largest absolute Gasteiger partial charge is 0.298 e. The molecule has 1 aromatic heterocycles. The van der Waals surface area contributed by atoms with Crippen LogP contribution >= 0.6 is 27.3 Å². The predicted molar refractivity (Wildman–Crippen MR) is 110 cm³/mol. The minimum atomic E-state index is -0.182. The third kappa shape index (κ3) is 4.55. The van der Waals surface area contributed by atoms with Crippen molar-refractivity contribution >= 4 is 54.6 Å². The Morgan fingerprint density at radius 3 is 2.56 bits per heavy atom. The molecule has 0 unspecified atom stereocenters. The van der Waals surface area contributed by atoms with Gasteiger partial charge in [-0.15, -0.1) is 0 Å². The van der Waals surface area contributed by atoms with Gasteiger partial charge in [-0.05, 0) is 40.8 Å². The molecule has 0 bridgehead atoms. The Bertz CT molecular complexity index is 936. The first-order valence-corrected chi connectivity index (χ1v) is 9.58. The molecule has 0 aliphatic rings. The molecule has 128 valence electrons. The lowest BCUT2D eigenvalue weighted by atomic mass is 9.87. The van der Waals surface area contributed by atoms with Crippen LogP contribution in [0.4, 0.5) is 5.13 Å². The van der Waals surface area contributed by atoms with Crippen molar-refractivity contribution in [1.29, 1.82) is 0 Å². The number of rotatable bonds is 3. The zero-order valence-corrected chi connectivity index (χ0v) is 16.7. The second-order valence-electron chi connectivity index (χ2n) is 6.83. The Morgan fingerprint density at radius 1 is 1.16 bits per heavy atom. The molecule has 3 aromatic rings. The molecule has 0 saturated heterocycles. The molecule has 0 aliphatic carbocycles. The highest BCUT2D eigenvalue weighted by atomic mass is 79.9. The van der Waals surface area contributed by atoms with Crippen molar-refractivity contribution in [2.45, 2.75) is 26.2 Å². The number of benzene rings is 2. The van der Waals surface area contributed by atoms with Gasteiger partial charge in [0.15, 0.2) is 5.13 Å². The minimum absolute atomic E-state index is 0.126. The standard InChI is InChI=1S/C20H19BrN2OS/c1-20(2,3)14-7-4-13(5-8-14)6-11-18(24)23-19-22-16-10-9-15(21)12-17(16)25-19/h4-12H,1-3H3,(H,22,23,24)/b11-6+. The lowest BCUT2D eigenvalue weighted by Crippen LogP contribution is -2.10. The maximum Gasteiger partial charge on any atom is 0.250 e. The topological polar surface area (TPSA) is 42.0 Å². The molecule has 0 fully saturated rings. The third-order valence-corrected chi connectivity index (χ3v) is 5.21. The number of amides is 1. The minimum Gasteiger partial charge on any atom is -0.298 e. The molecule has 0 atom stereocenters. The van der Waals surface area contributed by atoms with E-state index in [4.69, 9.17) is 0 Å². The van der Waals surface area contributed by atoms with Gasteiger partial charge in [0.05, 0.1) is 10.2 Å². The van der Waals surface area contributed by atoms with Crippen LogP contribution in [-0.2, 0) is 10.2 Å². The van der Waals surface area contributed by atoms with Gasteiger partial charge < -0.3 is 0 Å². The van der Waals surface area contributed by atoms with E-state index in [0.29, 0.717) is 5.13 Å². The molecule has 1 N–H and O–H groups in total. The fourth-order valence-corrected chi connectivity index (χ4v) is 3.79. The second-order valence-corrected chi connectivity index (χ2v) is 8.77. The summed E-state index contributed by atoms with van der Waals surface area (Å²) in [4.78, 5) is 16.5. The number of carbonyl (C=O) groups is 1. The average Bonchev–Trinajstić information content (AvgIpc) is 2.93. The third-order valence-electron chi connectivity index (χ3n) is 3.78. The summed E-state index contributed by atoms with van der Waals surface area (Å²) < 4.78 is 2.03. The summed E-state index contributed by atoms with van der Waals surface area (Å²) in [7, 11) is 0. The van der Waals surface area contributed by atoms with Crippen molar-refractivity contribution in [3.8, 4) is 0 Å². The van der Waals surface area contributed by atoms with Crippen LogP contribution in [0, 0.1) is 0 Å². The lowest BCUT2D eigenvalue weighted by Gasteiger charge is -2.18. The quantitative estimate of drug-likeness (QED) is 0.533. The van der Waals surface area contributed by atoms with E-state index in [1.165, 1.54) is 23.0 Å². The van der Waals surface area contributed by atoms with Crippen LogP contribution in [-0.4, -0.2) is 10.9 Å². The van der Waals surface area contributed by atoms with E-state index in [1.807, 2.05) is 36.4 Å². The van der Waals surface area contributed by atoms with Gasteiger partial charge in [0.1, 0.15) is 0 Å². The summed E-state index contributed by atoms with van der Waals surface area (Å²) in [5.74, 6) is -0.182. The predicted octanol–water partition coefficient (Wildman–Crippen LogP) is 6.01. The summed E-state index contributed by atoms with van der Waals surface area (Å²) in [6.07, 6.45) is 3.35. The fourth-order valence-electron chi connectivity index (χ4n) is 2.37. The van der Waals surface area contributed by atoms with Gasteiger partial charge in [-0.25, -0.2) is 4.98 Å². The molecule has 0 spiro atoms. The number of carbonyl (C=O) groups excluding carboxylic acids is 1.